The molecule has 1 aromatic heterocycles. The zero-order valence-electron chi connectivity index (χ0n) is 19.1. The fraction of sp³-hybridized carbons (Fsp3) is 0.148. The van der Waals surface area contributed by atoms with Crippen molar-refractivity contribution >= 4 is 11.9 Å². The molecule has 0 atom stereocenters. The Bertz CT molecular complexity index is 1300. The second kappa shape index (κ2) is 11.1. The number of nitrogens with zero attached hydrogens (tertiary/aromatic N) is 2. The summed E-state index contributed by atoms with van der Waals surface area (Å²) in [5.41, 5.74) is 2.81. The fourth-order valence-electron chi connectivity index (χ4n) is 3.48. The summed E-state index contributed by atoms with van der Waals surface area (Å²) in [6.45, 7) is 0.00482. The van der Waals surface area contributed by atoms with Crippen molar-refractivity contribution in [1.82, 2.24) is 15.1 Å². The van der Waals surface area contributed by atoms with Crippen molar-refractivity contribution in [1.29, 1.82) is 0 Å². The number of carbonyl (C=O) groups is 2. The minimum absolute atomic E-state index is 0.166. The summed E-state index contributed by atoms with van der Waals surface area (Å²) in [6, 6.07) is 22.5. The number of esters is 1. The van der Waals surface area contributed by atoms with Crippen LogP contribution in [0.2, 0.25) is 0 Å². The Kier molecular flexibility index (Phi) is 7.52. The third-order valence-corrected chi connectivity index (χ3v) is 5.28. The molecule has 8 heteroatoms. The van der Waals surface area contributed by atoms with E-state index in [-0.39, 0.29) is 11.4 Å². The lowest BCUT2D eigenvalue weighted by Crippen LogP contribution is -2.30. The molecule has 1 N–H and O–H groups in total. The van der Waals surface area contributed by atoms with E-state index in [4.69, 9.17) is 9.47 Å². The summed E-state index contributed by atoms with van der Waals surface area (Å²) in [5.74, 6) is -0.889. The van der Waals surface area contributed by atoms with E-state index in [1.54, 1.807) is 43.5 Å². The van der Waals surface area contributed by atoms with Gasteiger partial charge >= 0.3 is 5.97 Å². The maximum atomic E-state index is 13.4. The van der Waals surface area contributed by atoms with Crippen molar-refractivity contribution in [2.75, 3.05) is 20.3 Å². The molecule has 0 fully saturated rings. The predicted octanol–water partition coefficient (Wildman–Crippen LogP) is 4.20. The van der Waals surface area contributed by atoms with Crippen molar-refractivity contribution in [3.8, 4) is 22.7 Å². The van der Waals surface area contributed by atoms with Gasteiger partial charge in [0.05, 0.1) is 12.8 Å². The molecule has 35 heavy (non-hydrogen) atoms. The third-order valence-electron chi connectivity index (χ3n) is 5.28. The largest absolute Gasteiger partial charge is 0.497 e. The van der Waals surface area contributed by atoms with Crippen LogP contribution in [0.25, 0.3) is 16.9 Å². The van der Waals surface area contributed by atoms with E-state index in [2.05, 4.69) is 10.4 Å². The van der Waals surface area contributed by atoms with Crippen LogP contribution < -0.4 is 10.1 Å². The van der Waals surface area contributed by atoms with E-state index < -0.39 is 18.5 Å². The lowest BCUT2D eigenvalue weighted by Gasteiger charge is -2.07. The van der Waals surface area contributed by atoms with E-state index in [0.717, 1.165) is 5.56 Å². The quantitative estimate of drug-likeness (QED) is 0.369. The van der Waals surface area contributed by atoms with Gasteiger partial charge in [0.15, 0.2) is 6.61 Å². The van der Waals surface area contributed by atoms with Gasteiger partial charge in [-0.2, -0.15) is 5.10 Å². The first-order valence-electron chi connectivity index (χ1n) is 11.0. The molecular formula is C27H24FN3O4. The Labute approximate surface area is 202 Å². The molecule has 0 aliphatic carbocycles. The van der Waals surface area contributed by atoms with Gasteiger partial charge in [-0.1, -0.05) is 42.5 Å². The lowest BCUT2D eigenvalue weighted by atomic mass is 10.1. The van der Waals surface area contributed by atoms with Crippen LogP contribution in [-0.2, 0) is 16.0 Å². The highest BCUT2D eigenvalue weighted by molar-refractivity contribution is 5.97. The highest BCUT2D eigenvalue weighted by atomic mass is 19.1. The number of halogens is 1. The van der Waals surface area contributed by atoms with Crippen molar-refractivity contribution < 1.29 is 23.5 Å². The van der Waals surface area contributed by atoms with Gasteiger partial charge in [0.1, 0.15) is 22.8 Å². The van der Waals surface area contributed by atoms with Crippen LogP contribution in [0.4, 0.5) is 4.39 Å². The molecular weight excluding hydrogens is 449 g/mol. The third kappa shape index (κ3) is 6.11. The van der Waals surface area contributed by atoms with Crippen molar-refractivity contribution in [3.05, 3.63) is 102 Å². The SMILES string of the molecule is COc1cccc(-c2nn(-c3ccc(F)cc3)cc2C(=O)OCC(=O)NCCc2ccccc2)c1. The smallest absolute Gasteiger partial charge is 0.342 e. The Morgan fingerprint density at radius 3 is 2.51 bits per heavy atom. The van der Waals surface area contributed by atoms with Crippen LogP contribution in [0.3, 0.4) is 0 Å². The van der Waals surface area contributed by atoms with Gasteiger partial charge in [0.25, 0.3) is 5.91 Å². The summed E-state index contributed by atoms with van der Waals surface area (Å²) in [4.78, 5) is 25.1. The van der Waals surface area contributed by atoms with Gasteiger partial charge < -0.3 is 14.8 Å². The number of nitrogens with one attached hydrogen (secondary N) is 1. The van der Waals surface area contributed by atoms with Crippen molar-refractivity contribution in [3.63, 3.8) is 0 Å². The molecule has 0 bridgehead atoms. The highest BCUT2D eigenvalue weighted by Gasteiger charge is 2.21. The number of aromatic nitrogens is 2. The second-order valence-corrected chi connectivity index (χ2v) is 7.71. The Hall–Kier alpha value is -4.46. The number of amides is 1. The van der Waals surface area contributed by atoms with Crippen LogP contribution in [0.1, 0.15) is 15.9 Å². The number of hydrogen-bond acceptors (Lipinski definition) is 5. The Morgan fingerprint density at radius 2 is 1.77 bits per heavy atom. The van der Waals surface area contributed by atoms with E-state index in [1.165, 1.54) is 23.0 Å². The molecule has 0 aliphatic rings. The van der Waals surface area contributed by atoms with E-state index >= 15 is 0 Å². The topological polar surface area (TPSA) is 82.5 Å². The fourth-order valence-corrected chi connectivity index (χ4v) is 3.48. The number of rotatable bonds is 9. The molecule has 0 unspecified atom stereocenters. The van der Waals surface area contributed by atoms with E-state index in [1.807, 2.05) is 30.3 Å². The summed E-state index contributed by atoms with van der Waals surface area (Å²) in [5, 5.41) is 7.27. The van der Waals surface area contributed by atoms with Crippen LogP contribution in [0.5, 0.6) is 5.75 Å². The lowest BCUT2D eigenvalue weighted by molar-refractivity contribution is -0.124. The number of methoxy groups -OCH3 is 1. The average molecular weight is 474 g/mol. The molecule has 4 rings (SSSR count). The molecule has 0 radical (unpaired) electrons. The minimum Gasteiger partial charge on any atom is -0.497 e. The molecule has 1 heterocycles. The van der Waals surface area contributed by atoms with Crippen LogP contribution in [0.15, 0.2) is 85.1 Å². The zero-order chi connectivity index (χ0) is 24.6. The molecule has 178 valence electrons. The summed E-state index contributed by atoms with van der Waals surface area (Å²) in [6.07, 6.45) is 2.17. The van der Waals surface area contributed by atoms with Gasteiger partial charge in [-0.15, -0.1) is 0 Å². The first-order valence-corrected chi connectivity index (χ1v) is 11.0. The van der Waals surface area contributed by atoms with Crippen molar-refractivity contribution in [2.45, 2.75) is 6.42 Å². The molecule has 0 saturated heterocycles. The van der Waals surface area contributed by atoms with Crippen LogP contribution in [-0.4, -0.2) is 41.9 Å². The maximum absolute atomic E-state index is 13.4. The highest BCUT2D eigenvalue weighted by Crippen LogP contribution is 2.27. The predicted molar refractivity (Wildman–Crippen MR) is 129 cm³/mol. The van der Waals surface area contributed by atoms with Gasteiger partial charge in [-0.05, 0) is 48.4 Å². The van der Waals surface area contributed by atoms with Crippen LogP contribution >= 0.6 is 0 Å². The number of ether oxygens (including phenoxy) is 2. The summed E-state index contributed by atoms with van der Waals surface area (Å²) < 4.78 is 25.4. The molecule has 0 saturated carbocycles. The summed E-state index contributed by atoms with van der Waals surface area (Å²) >= 11 is 0. The van der Waals surface area contributed by atoms with Gasteiger partial charge in [0, 0.05) is 18.3 Å². The van der Waals surface area contributed by atoms with E-state index in [0.29, 0.717) is 35.7 Å². The standard InChI is InChI=1S/C27H24FN3O4/c1-34-23-9-5-8-20(16-23)26-24(17-31(30-26)22-12-10-21(28)11-13-22)27(33)35-18-25(32)29-15-14-19-6-3-2-4-7-19/h2-13,16-17H,14-15,18H2,1H3,(H,29,32). The van der Waals surface area contributed by atoms with Gasteiger partial charge in [-0.3, -0.25) is 4.79 Å². The average Bonchev–Trinajstić information content (AvgIpc) is 3.34. The number of hydrogen-bond donors (Lipinski definition) is 1. The maximum Gasteiger partial charge on any atom is 0.342 e. The number of benzene rings is 3. The molecule has 7 nitrogen and oxygen atoms in total. The molecule has 3 aromatic carbocycles. The molecule has 0 aliphatic heterocycles. The van der Waals surface area contributed by atoms with Gasteiger partial charge in [-0.25, -0.2) is 13.9 Å². The Balaban J connectivity index is 1.48. The van der Waals surface area contributed by atoms with Gasteiger partial charge in [0.2, 0.25) is 0 Å². The van der Waals surface area contributed by atoms with Crippen LogP contribution in [0, 0.1) is 5.82 Å². The monoisotopic (exact) mass is 473 g/mol. The number of carbonyl (C=O) groups excluding carboxylic acids is 2. The first-order chi connectivity index (χ1) is 17.0. The molecule has 1 amide bonds. The van der Waals surface area contributed by atoms with E-state index in [9.17, 15) is 14.0 Å². The molecule has 4 aromatic rings. The summed E-state index contributed by atoms with van der Waals surface area (Å²) in [7, 11) is 1.54. The Morgan fingerprint density at radius 1 is 1.00 bits per heavy atom. The molecule has 0 spiro atoms. The van der Waals surface area contributed by atoms with Crippen molar-refractivity contribution in [2.24, 2.45) is 0 Å². The second-order valence-electron chi connectivity index (χ2n) is 7.71. The zero-order valence-corrected chi connectivity index (χ0v) is 19.1. The normalized spacial score (nSPS) is 10.6. The minimum atomic E-state index is -0.700. The first kappa shape index (κ1) is 23.7.